The summed E-state index contributed by atoms with van der Waals surface area (Å²) < 4.78 is 11.1. The fraction of sp³-hybridized carbons (Fsp3) is 0.474. The Labute approximate surface area is 147 Å². The molecule has 1 N–H and O–H groups in total. The van der Waals surface area contributed by atoms with E-state index < -0.39 is 0 Å². The summed E-state index contributed by atoms with van der Waals surface area (Å²) in [5.41, 5.74) is 3.11. The molecule has 4 rings (SSSR count). The number of fused-ring (bicyclic) bond motifs is 1. The largest absolute Gasteiger partial charge is 0.489 e. The van der Waals surface area contributed by atoms with Gasteiger partial charge in [-0.05, 0) is 31.5 Å². The first-order valence-corrected chi connectivity index (χ1v) is 8.73. The molecule has 2 aromatic rings. The van der Waals surface area contributed by atoms with Crippen molar-refractivity contribution in [3.63, 3.8) is 0 Å². The van der Waals surface area contributed by atoms with Gasteiger partial charge in [0.05, 0.1) is 11.3 Å². The molecule has 132 valence electrons. The summed E-state index contributed by atoms with van der Waals surface area (Å²) in [5.74, 6) is 2.32. The third-order valence-corrected chi connectivity index (χ3v) is 5.18. The second kappa shape index (κ2) is 6.52. The Morgan fingerprint density at radius 2 is 2.24 bits per heavy atom. The highest BCUT2D eigenvalue weighted by Gasteiger charge is 2.39. The Kier molecular flexibility index (Phi) is 4.21. The highest BCUT2D eigenvalue weighted by atomic mass is 16.5. The fourth-order valence-corrected chi connectivity index (χ4v) is 3.82. The maximum atomic E-state index is 11.4. The predicted molar refractivity (Wildman–Crippen MR) is 92.1 cm³/mol. The van der Waals surface area contributed by atoms with Crippen molar-refractivity contribution < 1.29 is 14.1 Å². The van der Waals surface area contributed by atoms with Crippen molar-refractivity contribution in [2.75, 3.05) is 13.1 Å². The molecule has 1 amide bonds. The molecule has 0 radical (unpaired) electrons. The SMILES string of the molecule is Cc1noc(C)c1COc1cccc(CN2C[C@@H]3CC(=O)N[C@@H]3C2)c1. The van der Waals surface area contributed by atoms with Gasteiger partial charge in [-0.15, -0.1) is 0 Å². The number of rotatable bonds is 5. The van der Waals surface area contributed by atoms with E-state index in [4.69, 9.17) is 9.26 Å². The van der Waals surface area contributed by atoms with Crippen molar-refractivity contribution in [1.29, 1.82) is 0 Å². The molecule has 2 fully saturated rings. The van der Waals surface area contributed by atoms with E-state index in [-0.39, 0.29) is 5.91 Å². The Hall–Kier alpha value is -2.34. The number of aromatic nitrogens is 1. The molecular weight excluding hydrogens is 318 g/mol. The van der Waals surface area contributed by atoms with E-state index in [1.807, 2.05) is 26.0 Å². The van der Waals surface area contributed by atoms with Crippen LogP contribution >= 0.6 is 0 Å². The molecule has 3 heterocycles. The van der Waals surface area contributed by atoms with Crippen molar-refractivity contribution in [2.24, 2.45) is 5.92 Å². The Morgan fingerprint density at radius 1 is 1.36 bits per heavy atom. The minimum Gasteiger partial charge on any atom is -0.489 e. The summed E-state index contributed by atoms with van der Waals surface area (Å²) >= 11 is 0. The van der Waals surface area contributed by atoms with Gasteiger partial charge in [0.25, 0.3) is 0 Å². The Morgan fingerprint density at radius 3 is 3.00 bits per heavy atom. The second-order valence-corrected chi connectivity index (χ2v) is 7.07. The third kappa shape index (κ3) is 3.39. The fourth-order valence-electron chi connectivity index (χ4n) is 3.82. The number of benzene rings is 1. The van der Waals surface area contributed by atoms with Crippen LogP contribution < -0.4 is 10.1 Å². The third-order valence-electron chi connectivity index (χ3n) is 5.18. The number of hydrogen-bond acceptors (Lipinski definition) is 5. The van der Waals surface area contributed by atoms with Crippen LogP contribution in [0.5, 0.6) is 5.75 Å². The number of ether oxygens (including phenoxy) is 1. The van der Waals surface area contributed by atoms with Gasteiger partial charge in [0, 0.05) is 38.0 Å². The van der Waals surface area contributed by atoms with Crippen LogP contribution in [0, 0.1) is 19.8 Å². The molecule has 6 heteroatoms. The summed E-state index contributed by atoms with van der Waals surface area (Å²) in [7, 11) is 0. The molecule has 2 saturated heterocycles. The van der Waals surface area contributed by atoms with Crippen LogP contribution in [0.15, 0.2) is 28.8 Å². The van der Waals surface area contributed by atoms with E-state index >= 15 is 0 Å². The van der Waals surface area contributed by atoms with Crippen molar-refractivity contribution in [1.82, 2.24) is 15.4 Å². The molecule has 0 saturated carbocycles. The van der Waals surface area contributed by atoms with Crippen molar-refractivity contribution in [3.8, 4) is 5.75 Å². The molecule has 0 unspecified atom stereocenters. The monoisotopic (exact) mass is 341 g/mol. The smallest absolute Gasteiger partial charge is 0.220 e. The molecule has 1 aromatic carbocycles. The maximum Gasteiger partial charge on any atom is 0.220 e. The lowest BCUT2D eigenvalue weighted by molar-refractivity contribution is -0.119. The van der Waals surface area contributed by atoms with Gasteiger partial charge in [0.2, 0.25) is 5.91 Å². The summed E-state index contributed by atoms with van der Waals surface area (Å²) in [5, 5.41) is 7.03. The van der Waals surface area contributed by atoms with E-state index in [9.17, 15) is 4.79 Å². The van der Waals surface area contributed by atoms with Crippen molar-refractivity contribution in [2.45, 2.75) is 39.5 Å². The topological polar surface area (TPSA) is 67.6 Å². The van der Waals surface area contributed by atoms with Gasteiger partial charge in [-0.2, -0.15) is 0 Å². The summed E-state index contributed by atoms with van der Waals surface area (Å²) in [6.07, 6.45) is 0.668. The molecule has 6 nitrogen and oxygen atoms in total. The highest BCUT2D eigenvalue weighted by molar-refractivity contribution is 5.79. The number of likely N-dealkylation sites (tertiary alicyclic amines) is 1. The minimum absolute atomic E-state index is 0.198. The van der Waals surface area contributed by atoms with E-state index in [1.165, 1.54) is 5.56 Å². The molecule has 0 bridgehead atoms. The lowest BCUT2D eigenvalue weighted by atomic mass is 10.1. The van der Waals surface area contributed by atoms with Crippen molar-refractivity contribution >= 4 is 5.91 Å². The maximum absolute atomic E-state index is 11.4. The van der Waals surface area contributed by atoms with Gasteiger partial charge in [-0.25, -0.2) is 0 Å². The zero-order valence-corrected chi connectivity index (χ0v) is 14.6. The molecule has 0 aliphatic carbocycles. The molecule has 0 spiro atoms. The van der Waals surface area contributed by atoms with E-state index in [1.54, 1.807) is 0 Å². The zero-order valence-electron chi connectivity index (χ0n) is 14.6. The predicted octanol–water partition coefficient (Wildman–Crippen LogP) is 2.19. The number of nitrogens with zero attached hydrogens (tertiary/aromatic N) is 2. The summed E-state index contributed by atoms with van der Waals surface area (Å²) in [4.78, 5) is 13.8. The lowest BCUT2D eigenvalue weighted by Gasteiger charge is -2.17. The van der Waals surface area contributed by atoms with Crippen LogP contribution in [0.1, 0.15) is 29.0 Å². The van der Waals surface area contributed by atoms with Gasteiger partial charge >= 0.3 is 0 Å². The molecule has 2 atom stereocenters. The first-order valence-electron chi connectivity index (χ1n) is 8.73. The van der Waals surface area contributed by atoms with Gasteiger partial charge in [-0.3, -0.25) is 9.69 Å². The van der Waals surface area contributed by atoms with E-state index in [0.717, 1.165) is 42.4 Å². The van der Waals surface area contributed by atoms with Crippen LogP contribution in [-0.2, 0) is 17.9 Å². The van der Waals surface area contributed by atoms with Crippen LogP contribution in [0.4, 0.5) is 0 Å². The first-order chi connectivity index (χ1) is 12.1. The van der Waals surface area contributed by atoms with Crippen LogP contribution in [0.3, 0.4) is 0 Å². The van der Waals surface area contributed by atoms with Gasteiger partial charge in [0.15, 0.2) is 0 Å². The van der Waals surface area contributed by atoms with Crippen LogP contribution in [0.25, 0.3) is 0 Å². The summed E-state index contributed by atoms with van der Waals surface area (Å²) in [6.45, 7) is 7.08. The number of hydrogen-bond donors (Lipinski definition) is 1. The molecular formula is C19H23N3O3. The number of carbonyl (C=O) groups is 1. The van der Waals surface area contributed by atoms with Crippen LogP contribution in [-0.4, -0.2) is 35.1 Å². The minimum atomic E-state index is 0.198. The zero-order chi connectivity index (χ0) is 17.4. The average molecular weight is 341 g/mol. The second-order valence-electron chi connectivity index (χ2n) is 7.07. The quantitative estimate of drug-likeness (QED) is 0.903. The Balaban J connectivity index is 1.36. The Bertz CT molecular complexity index is 750. The number of carbonyl (C=O) groups excluding carboxylic acids is 1. The van der Waals surface area contributed by atoms with Gasteiger partial charge in [0.1, 0.15) is 18.1 Å². The molecule has 25 heavy (non-hydrogen) atoms. The van der Waals surface area contributed by atoms with E-state index in [0.29, 0.717) is 25.0 Å². The highest BCUT2D eigenvalue weighted by Crippen LogP contribution is 2.27. The molecule has 1 aromatic heterocycles. The van der Waals surface area contributed by atoms with Gasteiger partial charge in [-0.1, -0.05) is 17.3 Å². The van der Waals surface area contributed by atoms with Gasteiger partial charge < -0.3 is 14.6 Å². The normalized spacial score (nSPS) is 22.9. The number of nitrogens with one attached hydrogen (secondary N) is 1. The number of aryl methyl sites for hydroxylation is 2. The standard InChI is InChI=1S/C19H23N3O3/c1-12-17(13(2)25-21-12)11-24-16-5-3-4-14(6-16)8-22-9-15-7-19(23)20-18(15)10-22/h3-6,15,18H,7-11H2,1-2H3,(H,20,23)/t15-,18+/m0/s1. The average Bonchev–Trinajstić information content (AvgIpc) is 3.19. The molecule has 2 aliphatic heterocycles. The summed E-state index contributed by atoms with van der Waals surface area (Å²) in [6, 6.07) is 8.53. The van der Waals surface area contributed by atoms with E-state index in [2.05, 4.69) is 27.5 Å². The first kappa shape index (κ1) is 16.1. The molecule has 2 aliphatic rings. The van der Waals surface area contributed by atoms with Crippen molar-refractivity contribution in [3.05, 3.63) is 46.8 Å². The van der Waals surface area contributed by atoms with Crippen LogP contribution in [0.2, 0.25) is 0 Å². The number of amides is 1. The lowest BCUT2D eigenvalue weighted by Crippen LogP contribution is -2.32.